The minimum absolute atomic E-state index is 0.0150. The minimum Gasteiger partial charge on any atom is -0.396 e. The Hall–Kier alpha value is -1.33. The topological polar surface area (TPSA) is 61.4 Å². The van der Waals surface area contributed by atoms with Crippen LogP contribution in [0.4, 0.5) is 14.9 Å². The van der Waals surface area contributed by atoms with Gasteiger partial charge in [0.15, 0.2) is 0 Å². The summed E-state index contributed by atoms with van der Waals surface area (Å²) >= 11 is 5.60. The molecule has 1 aromatic carbocycles. The van der Waals surface area contributed by atoms with Crippen molar-refractivity contribution in [2.45, 2.75) is 25.8 Å². The molecule has 18 heavy (non-hydrogen) atoms. The Bertz CT molecular complexity index is 415. The second-order valence-electron chi connectivity index (χ2n) is 3.84. The fourth-order valence-electron chi connectivity index (χ4n) is 1.46. The van der Waals surface area contributed by atoms with Crippen LogP contribution in [0, 0.1) is 5.82 Å². The Morgan fingerprint density at radius 1 is 1.56 bits per heavy atom. The number of hydrogen-bond acceptors (Lipinski definition) is 2. The van der Waals surface area contributed by atoms with E-state index in [1.165, 1.54) is 18.2 Å². The van der Waals surface area contributed by atoms with Gasteiger partial charge in [-0.2, -0.15) is 0 Å². The molecule has 0 spiro atoms. The molecule has 2 amide bonds. The van der Waals surface area contributed by atoms with Gasteiger partial charge in [-0.3, -0.25) is 0 Å². The van der Waals surface area contributed by atoms with Gasteiger partial charge >= 0.3 is 6.03 Å². The van der Waals surface area contributed by atoms with E-state index in [2.05, 4.69) is 10.6 Å². The molecule has 0 aliphatic rings. The first kappa shape index (κ1) is 14.7. The number of nitrogens with one attached hydrogen (secondary N) is 2. The second kappa shape index (κ2) is 7.18. The van der Waals surface area contributed by atoms with Gasteiger partial charge in [-0.15, -0.1) is 0 Å². The molecule has 0 aliphatic heterocycles. The van der Waals surface area contributed by atoms with Crippen LogP contribution < -0.4 is 10.6 Å². The zero-order valence-corrected chi connectivity index (χ0v) is 10.8. The van der Waals surface area contributed by atoms with Crippen LogP contribution in [0.1, 0.15) is 19.8 Å². The van der Waals surface area contributed by atoms with Crippen LogP contribution in [-0.2, 0) is 0 Å². The molecule has 3 N–H and O–H groups in total. The van der Waals surface area contributed by atoms with E-state index >= 15 is 0 Å². The van der Waals surface area contributed by atoms with Gasteiger partial charge in [0.05, 0.1) is 5.02 Å². The van der Waals surface area contributed by atoms with E-state index < -0.39 is 11.8 Å². The lowest BCUT2D eigenvalue weighted by molar-refractivity contribution is 0.237. The summed E-state index contributed by atoms with van der Waals surface area (Å²) in [6.45, 7) is 1.93. The fourth-order valence-corrected chi connectivity index (χ4v) is 1.64. The lowest BCUT2D eigenvalue weighted by atomic mass is 10.2. The van der Waals surface area contributed by atoms with Gasteiger partial charge in [-0.25, -0.2) is 9.18 Å². The van der Waals surface area contributed by atoms with E-state index in [1.807, 2.05) is 6.92 Å². The van der Waals surface area contributed by atoms with E-state index in [0.717, 1.165) is 6.42 Å². The molecule has 0 saturated heterocycles. The Balaban J connectivity index is 2.55. The molecular formula is C12H16ClFN2O2. The molecule has 1 aromatic rings. The number of benzene rings is 1. The van der Waals surface area contributed by atoms with Crippen LogP contribution >= 0.6 is 11.6 Å². The molecule has 0 radical (unpaired) electrons. The molecule has 0 saturated carbocycles. The van der Waals surface area contributed by atoms with Gasteiger partial charge in [0.25, 0.3) is 0 Å². The minimum atomic E-state index is -0.533. The van der Waals surface area contributed by atoms with Crippen molar-refractivity contribution in [1.29, 1.82) is 0 Å². The molecular weight excluding hydrogens is 259 g/mol. The van der Waals surface area contributed by atoms with Crippen molar-refractivity contribution < 1.29 is 14.3 Å². The maximum atomic E-state index is 12.9. The first-order valence-electron chi connectivity index (χ1n) is 5.70. The van der Waals surface area contributed by atoms with Gasteiger partial charge in [0, 0.05) is 18.3 Å². The van der Waals surface area contributed by atoms with Crippen LogP contribution in [0.3, 0.4) is 0 Å². The third-order valence-corrected chi connectivity index (χ3v) is 2.77. The third kappa shape index (κ3) is 4.50. The van der Waals surface area contributed by atoms with E-state index in [1.54, 1.807) is 0 Å². The summed E-state index contributed by atoms with van der Waals surface area (Å²) in [5, 5.41) is 14.0. The highest BCUT2D eigenvalue weighted by molar-refractivity contribution is 6.31. The normalized spacial score (nSPS) is 12.0. The standard InChI is InChI=1S/C12H16ClFN2O2/c1-2-8(5-6-17)15-12(18)16-9-3-4-11(14)10(13)7-9/h3-4,7-8,17H,2,5-6H2,1H3,(H2,15,16,18). The Morgan fingerprint density at radius 3 is 2.83 bits per heavy atom. The number of halogens is 2. The Kier molecular flexibility index (Phi) is 5.88. The van der Waals surface area contributed by atoms with Crippen molar-refractivity contribution in [3.8, 4) is 0 Å². The predicted molar refractivity (Wildman–Crippen MR) is 69.3 cm³/mol. The smallest absolute Gasteiger partial charge is 0.319 e. The van der Waals surface area contributed by atoms with Crippen LogP contribution in [0.2, 0.25) is 5.02 Å². The van der Waals surface area contributed by atoms with Crippen molar-refractivity contribution in [3.05, 3.63) is 29.0 Å². The lowest BCUT2D eigenvalue weighted by Gasteiger charge is -2.16. The number of anilines is 1. The molecule has 1 unspecified atom stereocenters. The monoisotopic (exact) mass is 274 g/mol. The van der Waals surface area contributed by atoms with E-state index in [4.69, 9.17) is 16.7 Å². The summed E-state index contributed by atoms with van der Waals surface area (Å²) in [6.07, 6.45) is 1.21. The van der Waals surface area contributed by atoms with Crippen molar-refractivity contribution in [1.82, 2.24) is 5.32 Å². The summed E-state index contributed by atoms with van der Waals surface area (Å²) < 4.78 is 12.9. The van der Waals surface area contributed by atoms with E-state index in [-0.39, 0.29) is 17.7 Å². The average molecular weight is 275 g/mol. The molecule has 0 fully saturated rings. The van der Waals surface area contributed by atoms with Crippen molar-refractivity contribution >= 4 is 23.3 Å². The van der Waals surface area contributed by atoms with Crippen molar-refractivity contribution in [2.75, 3.05) is 11.9 Å². The highest BCUT2D eigenvalue weighted by Gasteiger charge is 2.10. The summed E-state index contributed by atoms with van der Waals surface area (Å²) in [7, 11) is 0. The van der Waals surface area contributed by atoms with Gasteiger partial charge in [-0.05, 0) is 31.0 Å². The molecule has 100 valence electrons. The summed E-state index contributed by atoms with van der Waals surface area (Å²) in [5.74, 6) is -0.533. The first-order chi connectivity index (χ1) is 8.56. The first-order valence-corrected chi connectivity index (χ1v) is 6.08. The highest BCUT2D eigenvalue weighted by atomic mass is 35.5. The molecule has 0 heterocycles. The summed E-state index contributed by atoms with van der Waals surface area (Å²) in [4.78, 5) is 11.6. The molecule has 4 nitrogen and oxygen atoms in total. The highest BCUT2D eigenvalue weighted by Crippen LogP contribution is 2.19. The van der Waals surface area contributed by atoms with Crippen LogP contribution in [0.15, 0.2) is 18.2 Å². The zero-order valence-electron chi connectivity index (χ0n) is 10.0. The molecule has 1 atom stereocenters. The number of amides is 2. The molecule has 0 aromatic heterocycles. The number of aliphatic hydroxyl groups excluding tert-OH is 1. The largest absolute Gasteiger partial charge is 0.396 e. The number of carbonyl (C=O) groups excluding carboxylic acids is 1. The molecule has 0 aliphatic carbocycles. The van der Waals surface area contributed by atoms with Gasteiger partial charge in [0.1, 0.15) is 5.82 Å². The number of rotatable bonds is 5. The molecule has 0 bridgehead atoms. The van der Waals surface area contributed by atoms with Gasteiger partial charge < -0.3 is 15.7 Å². The molecule has 6 heteroatoms. The van der Waals surface area contributed by atoms with Gasteiger partial charge in [-0.1, -0.05) is 18.5 Å². The Labute approximate surface area is 110 Å². The van der Waals surface area contributed by atoms with Crippen LogP contribution in [0.5, 0.6) is 0 Å². The number of urea groups is 1. The summed E-state index contributed by atoms with van der Waals surface area (Å²) in [6, 6.07) is 3.45. The van der Waals surface area contributed by atoms with Gasteiger partial charge in [0.2, 0.25) is 0 Å². The second-order valence-corrected chi connectivity index (χ2v) is 4.25. The maximum absolute atomic E-state index is 12.9. The van der Waals surface area contributed by atoms with Crippen molar-refractivity contribution in [3.63, 3.8) is 0 Å². The maximum Gasteiger partial charge on any atom is 0.319 e. The van der Waals surface area contributed by atoms with E-state index in [0.29, 0.717) is 12.1 Å². The Morgan fingerprint density at radius 2 is 2.28 bits per heavy atom. The predicted octanol–water partition coefficient (Wildman–Crippen LogP) is 2.76. The molecule has 1 rings (SSSR count). The van der Waals surface area contributed by atoms with Crippen LogP contribution in [-0.4, -0.2) is 23.8 Å². The van der Waals surface area contributed by atoms with E-state index in [9.17, 15) is 9.18 Å². The zero-order chi connectivity index (χ0) is 13.5. The lowest BCUT2D eigenvalue weighted by Crippen LogP contribution is -2.38. The summed E-state index contributed by atoms with van der Waals surface area (Å²) in [5.41, 5.74) is 0.415. The quantitative estimate of drug-likeness (QED) is 0.773. The van der Waals surface area contributed by atoms with Crippen LogP contribution in [0.25, 0.3) is 0 Å². The average Bonchev–Trinajstić information content (AvgIpc) is 2.33. The fraction of sp³-hybridized carbons (Fsp3) is 0.417. The van der Waals surface area contributed by atoms with Crippen molar-refractivity contribution in [2.24, 2.45) is 0 Å². The third-order valence-electron chi connectivity index (χ3n) is 2.48. The number of aliphatic hydroxyl groups is 1. The number of hydrogen-bond donors (Lipinski definition) is 3. The SMILES string of the molecule is CCC(CCO)NC(=O)Nc1ccc(F)c(Cl)c1. The number of carbonyl (C=O) groups is 1.